The maximum absolute atomic E-state index is 4.66. The highest BCUT2D eigenvalue weighted by atomic mass is 32.2. The lowest BCUT2D eigenvalue weighted by Crippen LogP contribution is -2.20. The summed E-state index contributed by atoms with van der Waals surface area (Å²) in [5, 5.41) is 4.88. The number of thioether (sulfide) groups is 1. The monoisotopic (exact) mass is 314 g/mol. The van der Waals surface area contributed by atoms with Gasteiger partial charge in [-0.2, -0.15) is 0 Å². The Bertz CT molecular complexity index is 783. The van der Waals surface area contributed by atoms with E-state index in [0.717, 1.165) is 13.1 Å². The summed E-state index contributed by atoms with van der Waals surface area (Å²) < 4.78 is 1.38. The first-order valence-electron chi connectivity index (χ1n) is 7.38. The van der Waals surface area contributed by atoms with Gasteiger partial charge in [0.25, 0.3) is 0 Å². The van der Waals surface area contributed by atoms with E-state index >= 15 is 0 Å². The van der Waals surface area contributed by atoms with Gasteiger partial charge in [-0.1, -0.05) is 37.7 Å². The van der Waals surface area contributed by atoms with Crippen LogP contribution in [0, 0.1) is 12.8 Å². The molecule has 4 rings (SSSR count). The Labute approximate surface area is 133 Å². The summed E-state index contributed by atoms with van der Waals surface area (Å²) in [5.74, 6) is 0.535. The molecule has 3 heterocycles. The van der Waals surface area contributed by atoms with Gasteiger partial charge in [0.05, 0.1) is 12.2 Å². The van der Waals surface area contributed by atoms with Gasteiger partial charge in [0, 0.05) is 27.1 Å². The lowest BCUT2D eigenvalue weighted by molar-refractivity contribution is 0.641. The SMILES string of the molecule is Cc1csc2cccc(C3=C(C(C)C)SC4=NCCN43)c12. The van der Waals surface area contributed by atoms with Crippen LogP contribution in [0.1, 0.15) is 25.0 Å². The van der Waals surface area contributed by atoms with Crippen LogP contribution in [0.25, 0.3) is 15.8 Å². The molecule has 0 saturated carbocycles. The largest absolute Gasteiger partial charge is 0.318 e. The fraction of sp³-hybridized carbons (Fsp3) is 0.353. The van der Waals surface area contributed by atoms with E-state index in [4.69, 9.17) is 0 Å². The number of aliphatic imine (C=N–C) groups is 1. The van der Waals surface area contributed by atoms with Gasteiger partial charge in [-0.05, 0) is 29.9 Å². The number of hydrogen-bond acceptors (Lipinski definition) is 4. The standard InChI is InChI=1S/C17H18N2S2/c1-10(2)16-15(19-8-7-18-17(19)21-16)12-5-4-6-13-14(12)11(3)9-20-13/h4-6,9-10H,7-8H2,1-3H3. The van der Waals surface area contributed by atoms with Gasteiger partial charge in [0.1, 0.15) is 0 Å². The number of thiophene rings is 1. The van der Waals surface area contributed by atoms with Crippen molar-refractivity contribution in [3.8, 4) is 0 Å². The predicted octanol–water partition coefficient (Wildman–Crippen LogP) is 4.95. The number of allylic oxidation sites excluding steroid dienone is 1. The summed E-state index contributed by atoms with van der Waals surface area (Å²) in [4.78, 5) is 8.55. The number of benzene rings is 1. The molecule has 0 spiro atoms. The summed E-state index contributed by atoms with van der Waals surface area (Å²) in [6.45, 7) is 8.74. The second-order valence-electron chi connectivity index (χ2n) is 5.88. The minimum Gasteiger partial charge on any atom is -0.318 e. The number of nitrogens with zero attached hydrogens (tertiary/aromatic N) is 2. The number of aryl methyl sites for hydroxylation is 1. The van der Waals surface area contributed by atoms with Crippen LogP contribution < -0.4 is 0 Å². The van der Waals surface area contributed by atoms with E-state index in [9.17, 15) is 0 Å². The molecule has 0 aliphatic carbocycles. The van der Waals surface area contributed by atoms with Crippen LogP contribution in [0.3, 0.4) is 0 Å². The molecule has 0 amide bonds. The highest BCUT2D eigenvalue weighted by Crippen LogP contribution is 2.47. The summed E-state index contributed by atoms with van der Waals surface area (Å²) in [5.41, 5.74) is 4.17. The molecule has 2 nitrogen and oxygen atoms in total. The molecule has 0 unspecified atom stereocenters. The summed E-state index contributed by atoms with van der Waals surface area (Å²) >= 11 is 3.71. The maximum Gasteiger partial charge on any atom is 0.168 e. The van der Waals surface area contributed by atoms with E-state index in [1.54, 1.807) is 0 Å². The van der Waals surface area contributed by atoms with E-state index in [1.165, 1.54) is 37.0 Å². The second-order valence-corrected chi connectivity index (χ2v) is 7.80. The van der Waals surface area contributed by atoms with E-state index in [0.29, 0.717) is 5.92 Å². The minimum absolute atomic E-state index is 0.535. The van der Waals surface area contributed by atoms with Crippen LogP contribution in [0.4, 0.5) is 0 Å². The molecule has 1 aromatic carbocycles. The molecule has 2 aliphatic heterocycles. The van der Waals surface area contributed by atoms with Crippen molar-refractivity contribution in [2.24, 2.45) is 10.9 Å². The van der Waals surface area contributed by atoms with Crippen LogP contribution in [-0.2, 0) is 0 Å². The topological polar surface area (TPSA) is 15.6 Å². The molecule has 108 valence electrons. The first-order chi connectivity index (χ1) is 10.2. The number of rotatable bonds is 2. The third kappa shape index (κ3) is 1.96. The van der Waals surface area contributed by atoms with Crippen molar-refractivity contribution in [1.82, 2.24) is 4.90 Å². The Morgan fingerprint density at radius 3 is 2.95 bits per heavy atom. The molecule has 2 aliphatic rings. The number of hydrogen-bond donors (Lipinski definition) is 0. The molecular formula is C17H18N2S2. The quantitative estimate of drug-likeness (QED) is 0.779. The normalized spacial score (nSPS) is 18.1. The van der Waals surface area contributed by atoms with Crippen molar-refractivity contribution in [3.63, 3.8) is 0 Å². The van der Waals surface area contributed by atoms with Crippen LogP contribution in [0.15, 0.2) is 33.5 Å². The lowest BCUT2D eigenvalue weighted by Gasteiger charge is -2.19. The van der Waals surface area contributed by atoms with E-state index < -0.39 is 0 Å². The van der Waals surface area contributed by atoms with Crippen LogP contribution >= 0.6 is 23.1 Å². The molecule has 1 aromatic heterocycles. The van der Waals surface area contributed by atoms with Crippen LogP contribution in [0.2, 0.25) is 0 Å². The highest BCUT2D eigenvalue weighted by molar-refractivity contribution is 8.17. The van der Waals surface area contributed by atoms with E-state index in [-0.39, 0.29) is 0 Å². The molecular weight excluding hydrogens is 296 g/mol. The van der Waals surface area contributed by atoms with Gasteiger partial charge >= 0.3 is 0 Å². The third-order valence-electron chi connectivity index (χ3n) is 4.07. The molecule has 21 heavy (non-hydrogen) atoms. The lowest BCUT2D eigenvalue weighted by atomic mass is 10.0. The summed E-state index contributed by atoms with van der Waals surface area (Å²) in [6, 6.07) is 6.70. The number of fused-ring (bicyclic) bond motifs is 2. The average Bonchev–Trinajstić information content (AvgIpc) is 3.12. The zero-order valence-corrected chi connectivity index (χ0v) is 14.1. The average molecular weight is 314 g/mol. The molecule has 0 bridgehead atoms. The van der Waals surface area contributed by atoms with Gasteiger partial charge in [-0.25, -0.2) is 0 Å². The molecule has 0 atom stereocenters. The maximum atomic E-state index is 4.66. The Balaban J connectivity index is 1.99. The Morgan fingerprint density at radius 1 is 1.29 bits per heavy atom. The predicted molar refractivity (Wildman–Crippen MR) is 94.9 cm³/mol. The molecule has 0 N–H and O–H groups in total. The van der Waals surface area contributed by atoms with E-state index in [1.807, 2.05) is 23.1 Å². The number of amidine groups is 1. The Kier molecular flexibility index (Phi) is 3.12. The van der Waals surface area contributed by atoms with Gasteiger partial charge in [-0.3, -0.25) is 4.99 Å². The second kappa shape index (κ2) is 4.89. The molecule has 0 saturated heterocycles. The first kappa shape index (κ1) is 13.4. The summed E-state index contributed by atoms with van der Waals surface area (Å²) in [7, 11) is 0. The van der Waals surface area contributed by atoms with Crippen LogP contribution in [0.5, 0.6) is 0 Å². The minimum atomic E-state index is 0.535. The van der Waals surface area contributed by atoms with Crippen molar-refractivity contribution in [1.29, 1.82) is 0 Å². The zero-order chi connectivity index (χ0) is 14.6. The van der Waals surface area contributed by atoms with Crippen molar-refractivity contribution in [2.45, 2.75) is 20.8 Å². The Morgan fingerprint density at radius 2 is 2.14 bits per heavy atom. The third-order valence-corrected chi connectivity index (χ3v) is 6.55. The zero-order valence-electron chi connectivity index (χ0n) is 12.5. The summed E-state index contributed by atoms with van der Waals surface area (Å²) in [6.07, 6.45) is 0. The molecule has 0 radical (unpaired) electrons. The van der Waals surface area contributed by atoms with Crippen molar-refractivity contribution < 1.29 is 0 Å². The van der Waals surface area contributed by atoms with Crippen molar-refractivity contribution >= 4 is 44.0 Å². The fourth-order valence-electron chi connectivity index (χ4n) is 3.11. The van der Waals surface area contributed by atoms with Gasteiger partial charge in [0.15, 0.2) is 5.17 Å². The van der Waals surface area contributed by atoms with Gasteiger partial charge in [-0.15, -0.1) is 11.3 Å². The molecule has 0 fully saturated rings. The fourth-order valence-corrected chi connectivity index (χ4v) is 5.28. The molecule has 2 aromatic rings. The Hall–Kier alpha value is -1.26. The van der Waals surface area contributed by atoms with E-state index in [2.05, 4.69) is 54.2 Å². The first-order valence-corrected chi connectivity index (χ1v) is 9.07. The molecule has 4 heteroatoms. The van der Waals surface area contributed by atoms with Gasteiger partial charge < -0.3 is 4.90 Å². The highest BCUT2D eigenvalue weighted by Gasteiger charge is 2.34. The van der Waals surface area contributed by atoms with Crippen molar-refractivity contribution in [2.75, 3.05) is 13.1 Å². The van der Waals surface area contributed by atoms with Gasteiger partial charge in [0.2, 0.25) is 0 Å². The van der Waals surface area contributed by atoms with Crippen molar-refractivity contribution in [3.05, 3.63) is 39.6 Å². The van der Waals surface area contributed by atoms with Crippen LogP contribution in [-0.4, -0.2) is 23.2 Å². The smallest absolute Gasteiger partial charge is 0.168 e.